The summed E-state index contributed by atoms with van der Waals surface area (Å²) >= 11 is 0. The van der Waals surface area contributed by atoms with Crippen LogP contribution in [0.1, 0.15) is 23.6 Å². The molecule has 29 heavy (non-hydrogen) atoms. The molecule has 5 nitrogen and oxygen atoms in total. The van der Waals surface area contributed by atoms with Crippen LogP contribution in [0.5, 0.6) is 0 Å². The maximum absolute atomic E-state index is 13.9. The predicted octanol–water partition coefficient (Wildman–Crippen LogP) is 3.41. The second-order valence-corrected chi connectivity index (χ2v) is 7.58. The van der Waals surface area contributed by atoms with Crippen molar-refractivity contribution in [1.82, 2.24) is 15.5 Å². The molecule has 0 aliphatic heterocycles. The molecule has 0 bridgehead atoms. The maximum Gasteiger partial charge on any atom is 0.191 e. The molecule has 2 N–H and O–H groups in total. The van der Waals surface area contributed by atoms with Crippen molar-refractivity contribution in [3.05, 3.63) is 71.0 Å². The monoisotopic (exact) mass is 400 g/mol. The Morgan fingerprint density at radius 2 is 1.86 bits per heavy atom. The number of hydrogen-bond acceptors (Lipinski definition) is 3. The van der Waals surface area contributed by atoms with Crippen LogP contribution in [-0.4, -0.2) is 45.2 Å². The standard InChI is InChI=1S/C23H33FN4O/c1-18(16-29-17-19-8-6-5-7-9-19)13-26-23(25-2)27-14-20-10-11-22(24)21(12-20)15-28(3)4/h5-12,18H,13-17H2,1-4H3,(H2,25,26,27). The zero-order valence-electron chi connectivity index (χ0n) is 17.9. The summed E-state index contributed by atoms with van der Waals surface area (Å²) in [5, 5.41) is 6.61. The number of benzene rings is 2. The highest BCUT2D eigenvalue weighted by Gasteiger charge is 2.07. The van der Waals surface area contributed by atoms with E-state index in [1.165, 1.54) is 11.6 Å². The number of nitrogens with one attached hydrogen (secondary N) is 2. The van der Waals surface area contributed by atoms with Crippen LogP contribution in [0.2, 0.25) is 0 Å². The summed E-state index contributed by atoms with van der Waals surface area (Å²) in [6.07, 6.45) is 0. The minimum absolute atomic E-state index is 0.172. The van der Waals surface area contributed by atoms with Crippen molar-refractivity contribution in [2.45, 2.75) is 26.6 Å². The molecule has 2 rings (SSSR count). The van der Waals surface area contributed by atoms with Gasteiger partial charge in [-0.2, -0.15) is 0 Å². The van der Waals surface area contributed by atoms with Crippen LogP contribution < -0.4 is 10.6 Å². The lowest BCUT2D eigenvalue weighted by molar-refractivity contribution is 0.0931. The summed E-state index contributed by atoms with van der Waals surface area (Å²) in [6, 6.07) is 15.4. The van der Waals surface area contributed by atoms with Crippen molar-refractivity contribution >= 4 is 5.96 Å². The van der Waals surface area contributed by atoms with Crippen molar-refractivity contribution in [3.63, 3.8) is 0 Å². The van der Waals surface area contributed by atoms with E-state index in [0.717, 1.165) is 18.1 Å². The average Bonchev–Trinajstić information content (AvgIpc) is 2.71. The smallest absolute Gasteiger partial charge is 0.191 e. The Morgan fingerprint density at radius 1 is 1.10 bits per heavy atom. The van der Waals surface area contributed by atoms with E-state index in [2.05, 4.69) is 34.7 Å². The van der Waals surface area contributed by atoms with E-state index in [0.29, 0.717) is 37.8 Å². The number of aliphatic imine (C=N–C) groups is 1. The van der Waals surface area contributed by atoms with E-state index in [4.69, 9.17) is 4.74 Å². The Kier molecular flexibility index (Phi) is 9.60. The molecule has 0 spiro atoms. The predicted molar refractivity (Wildman–Crippen MR) is 117 cm³/mol. The van der Waals surface area contributed by atoms with Crippen LogP contribution in [-0.2, 0) is 24.4 Å². The minimum atomic E-state index is -0.172. The van der Waals surface area contributed by atoms with E-state index in [1.807, 2.05) is 43.3 Å². The van der Waals surface area contributed by atoms with Gasteiger partial charge < -0.3 is 20.3 Å². The second kappa shape index (κ2) is 12.2. The first-order chi connectivity index (χ1) is 14.0. The van der Waals surface area contributed by atoms with Crippen LogP contribution >= 0.6 is 0 Å². The minimum Gasteiger partial charge on any atom is -0.376 e. The fourth-order valence-electron chi connectivity index (χ4n) is 2.89. The summed E-state index contributed by atoms with van der Waals surface area (Å²) in [5.74, 6) is 0.891. The fraction of sp³-hybridized carbons (Fsp3) is 0.435. The number of ether oxygens (including phenoxy) is 1. The Morgan fingerprint density at radius 3 is 2.55 bits per heavy atom. The van der Waals surface area contributed by atoms with Gasteiger partial charge in [0, 0.05) is 32.2 Å². The first-order valence-electron chi connectivity index (χ1n) is 9.96. The largest absolute Gasteiger partial charge is 0.376 e. The molecule has 2 aromatic rings. The summed E-state index contributed by atoms with van der Waals surface area (Å²) < 4.78 is 19.7. The molecule has 0 saturated carbocycles. The van der Waals surface area contributed by atoms with E-state index in [9.17, 15) is 4.39 Å². The van der Waals surface area contributed by atoms with Gasteiger partial charge in [-0.25, -0.2) is 4.39 Å². The summed E-state index contributed by atoms with van der Waals surface area (Å²) in [5.41, 5.74) is 2.89. The van der Waals surface area contributed by atoms with Gasteiger partial charge in [0.15, 0.2) is 5.96 Å². The lowest BCUT2D eigenvalue weighted by Gasteiger charge is -2.17. The Balaban J connectivity index is 1.73. The highest BCUT2D eigenvalue weighted by atomic mass is 19.1. The molecule has 6 heteroatoms. The second-order valence-electron chi connectivity index (χ2n) is 7.58. The summed E-state index contributed by atoms with van der Waals surface area (Å²) in [4.78, 5) is 6.22. The molecule has 0 radical (unpaired) electrons. The van der Waals surface area contributed by atoms with Gasteiger partial charge in [0.1, 0.15) is 5.82 Å². The van der Waals surface area contributed by atoms with Gasteiger partial charge in [-0.05, 0) is 43.3 Å². The van der Waals surface area contributed by atoms with Crippen molar-refractivity contribution in [2.75, 3.05) is 34.3 Å². The van der Waals surface area contributed by atoms with E-state index >= 15 is 0 Å². The lowest BCUT2D eigenvalue weighted by atomic mass is 10.1. The molecule has 158 valence electrons. The van der Waals surface area contributed by atoms with Crippen molar-refractivity contribution in [1.29, 1.82) is 0 Å². The fourth-order valence-corrected chi connectivity index (χ4v) is 2.89. The molecular weight excluding hydrogens is 367 g/mol. The molecule has 0 aliphatic carbocycles. The van der Waals surface area contributed by atoms with Gasteiger partial charge in [-0.3, -0.25) is 4.99 Å². The first kappa shape index (κ1) is 22.8. The van der Waals surface area contributed by atoms with Gasteiger partial charge in [-0.15, -0.1) is 0 Å². The molecular formula is C23H33FN4O. The molecule has 0 aromatic heterocycles. The lowest BCUT2D eigenvalue weighted by Crippen LogP contribution is -2.39. The topological polar surface area (TPSA) is 48.9 Å². The average molecular weight is 401 g/mol. The Labute approximate surface area is 174 Å². The van der Waals surface area contributed by atoms with E-state index < -0.39 is 0 Å². The van der Waals surface area contributed by atoms with Gasteiger partial charge in [-0.1, -0.05) is 43.3 Å². The number of halogens is 1. The molecule has 0 amide bonds. The molecule has 1 atom stereocenters. The van der Waals surface area contributed by atoms with Crippen LogP contribution in [0, 0.1) is 11.7 Å². The zero-order chi connectivity index (χ0) is 21.1. The van der Waals surface area contributed by atoms with Gasteiger partial charge in [0.25, 0.3) is 0 Å². The van der Waals surface area contributed by atoms with Crippen LogP contribution in [0.15, 0.2) is 53.5 Å². The van der Waals surface area contributed by atoms with E-state index in [-0.39, 0.29) is 5.82 Å². The van der Waals surface area contributed by atoms with Gasteiger partial charge in [0.05, 0.1) is 13.2 Å². The van der Waals surface area contributed by atoms with E-state index in [1.54, 1.807) is 13.1 Å². The third-order valence-electron chi connectivity index (χ3n) is 4.41. The molecule has 2 aromatic carbocycles. The Hall–Kier alpha value is -2.44. The number of hydrogen-bond donors (Lipinski definition) is 2. The third kappa shape index (κ3) is 8.62. The van der Waals surface area contributed by atoms with Crippen molar-refractivity contribution in [3.8, 4) is 0 Å². The quantitative estimate of drug-likeness (QED) is 0.474. The van der Waals surface area contributed by atoms with Gasteiger partial charge in [0.2, 0.25) is 0 Å². The maximum atomic E-state index is 13.9. The summed E-state index contributed by atoms with van der Waals surface area (Å²) in [7, 11) is 5.61. The normalized spacial score (nSPS) is 12.8. The SMILES string of the molecule is CN=C(NCc1ccc(F)c(CN(C)C)c1)NCC(C)COCc1ccccc1. The number of nitrogens with zero attached hydrogens (tertiary/aromatic N) is 2. The van der Waals surface area contributed by atoms with Crippen molar-refractivity contribution < 1.29 is 9.13 Å². The molecule has 1 unspecified atom stereocenters. The highest BCUT2D eigenvalue weighted by molar-refractivity contribution is 5.79. The van der Waals surface area contributed by atoms with Gasteiger partial charge >= 0.3 is 0 Å². The Bertz CT molecular complexity index is 765. The van der Waals surface area contributed by atoms with Crippen LogP contribution in [0.4, 0.5) is 4.39 Å². The number of rotatable bonds is 10. The van der Waals surface area contributed by atoms with Crippen molar-refractivity contribution in [2.24, 2.45) is 10.9 Å². The molecule has 0 fully saturated rings. The highest BCUT2D eigenvalue weighted by Crippen LogP contribution is 2.12. The summed E-state index contributed by atoms with van der Waals surface area (Å²) in [6.45, 7) is 5.34. The first-order valence-corrected chi connectivity index (χ1v) is 9.96. The van der Waals surface area contributed by atoms with Crippen LogP contribution in [0.3, 0.4) is 0 Å². The molecule has 0 heterocycles. The zero-order valence-corrected chi connectivity index (χ0v) is 17.9. The molecule has 0 aliphatic rings. The third-order valence-corrected chi connectivity index (χ3v) is 4.41. The van der Waals surface area contributed by atoms with Crippen LogP contribution in [0.25, 0.3) is 0 Å². The molecule has 0 saturated heterocycles. The number of guanidine groups is 1.